The minimum absolute atomic E-state index is 0.197. The maximum Gasteiger partial charge on any atom is 0.490 e. The number of aromatic nitrogens is 3. The highest BCUT2D eigenvalue weighted by Crippen LogP contribution is 2.33. The van der Waals surface area contributed by atoms with Gasteiger partial charge in [-0.05, 0) is 54.9 Å². The van der Waals surface area contributed by atoms with Gasteiger partial charge in [0.2, 0.25) is 5.95 Å². The van der Waals surface area contributed by atoms with Gasteiger partial charge >= 0.3 is 12.1 Å². The molecule has 4 aromatic rings. The van der Waals surface area contributed by atoms with Gasteiger partial charge in [-0.1, -0.05) is 67.3 Å². The molecular formula is C31H32ClF3N4O3Si. The van der Waals surface area contributed by atoms with E-state index in [1.807, 2.05) is 54.6 Å². The Labute approximate surface area is 254 Å². The van der Waals surface area contributed by atoms with Crippen molar-refractivity contribution >= 4 is 31.6 Å². The van der Waals surface area contributed by atoms with Crippen molar-refractivity contribution in [3.8, 4) is 34.5 Å². The lowest BCUT2D eigenvalue weighted by Crippen LogP contribution is -2.22. The summed E-state index contributed by atoms with van der Waals surface area (Å²) in [6.45, 7) is 10.2. The van der Waals surface area contributed by atoms with Gasteiger partial charge in [0.1, 0.15) is 12.4 Å². The molecule has 3 N–H and O–H groups in total. The number of benzene rings is 2. The summed E-state index contributed by atoms with van der Waals surface area (Å²) in [7, 11) is -1.22. The van der Waals surface area contributed by atoms with Crippen LogP contribution in [0.2, 0.25) is 30.7 Å². The van der Waals surface area contributed by atoms with Crippen molar-refractivity contribution in [2.45, 2.75) is 45.5 Å². The smallest absolute Gasteiger partial charge is 0.475 e. The Morgan fingerprint density at radius 2 is 1.72 bits per heavy atom. The molecule has 0 aliphatic heterocycles. The third-order valence-corrected chi connectivity index (χ3v) is 8.02. The standard InChI is InChI=1S/C29H31ClN4OSi.C2HF3O2/c1-21-10-13-24(30)18-25(21)26-14-15-27(34(26)20-35-16-17-36(2,3)4)28-23(19-32-29(31)33-28)12-11-22-8-6-5-7-9-22;3-2(4,5)1(6)7/h5-10,13-15,18-19H,16-17,20H2,1-4H3,(H2,31,32,33);(H,6,7). The third kappa shape index (κ3) is 9.99. The number of nitrogens with two attached hydrogens (primary N) is 1. The molecule has 0 atom stereocenters. The molecule has 2 aromatic heterocycles. The number of carboxylic acid groups (broad SMARTS) is 1. The van der Waals surface area contributed by atoms with Gasteiger partial charge in [0, 0.05) is 37.0 Å². The van der Waals surface area contributed by atoms with Crippen molar-refractivity contribution in [1.29, 1.82) is 0 Å². The summed E-state index contributed by atoms with van der Waals surface area (Å²) in [5.74, 6) is 3.89. The highest BCUT2D eigenvalue weighted by Gasteiger charge is 2.38. The van der Waals surface area contributed by atoms with Gasteiger partial charge in [-0.15, -0.1) is 0 Å². The van der Waals surface area contributed by atoms with Crippen LogP contribution in [0.4, 0.5) is 19.1 Å². The van der Waals surface area contributed by atoms with Crippen LogP contribution in [-0.4, -0.2) is 46.5 Å². The van der Waals surface area contributed by atoms with E-state index >= 15 is 0 Å². The van der Waals surface area contributed by atoms with Crippen LogP contribution in [0.25, 0.3) is 22.6 Å². The lowest BCUT2D eigenvalue weighted by atomic mass is 10.1. The minimum Gasteiger partial charge on any atom is -0.475 e. The fourth-order valence-corrected chi connectivity index (χ4v) is 4.72. The molecule has 0 aliphatic carbocycles. The van der Waals surface area contributed by atoms with Gasteiger partial charge in [0.25, 0.3) is 0 Å². The number of ether oxygens (including phenoxy) is 1. The molecule has 0 aliphatic rings. The van der Waals surface area contributed by atoms with E-state index in [1.54, 1.807) is 6.20 Å². The molecule has 0 saturated heterocycles. The van der Waals surface area contributed by atoms with E-state index in [0.29, 0.717) is 29.6 Å². The Morgan fingerprint density at radius 1 is 1.07 bits per heavy atom. The van der Waals surface area contributed by atoms with E-state index < -0.39 is 20.2 Å². The van der Waals surface area contributed by atoms with Crippen molar-refractivity contribution in [2.75, 3.05) is 12.3 Å². The molecule has 2 heterocycles. The zero-order chi connectivity index (χ0) is 31.8. The van der Waals surface area contributed by atoms with E-state index in [1.165, 1.54) is 0 Å². The van der Waals surface area contributed by atoms with Crippen LogP contribution in [0.15, 0.2) is 66.9 Å². The fourth-order valence-electron chi connectivity index (χ4n) is 3.80. The first-order valence-corrected chi connectivity index (χ1v) is 17.3. The van der Waals surface area contributed by atoms with Crippen molar-refractivity contribution in [3.05, 3.63) is 88.6 Å². The first-order chi connectivity index (χ1) is 20.2. The van der Waals surface area contributed by atoms with E-state index in [9.17, 15) is 13.2 Å². The van der Waals surface area contributed by atoms with E-state index in [4.69, 9.17) is 32.0 Å². The Hall–Kier alpha value is -4.11. The second kappa shape index (κ2) is 14.4. The maximum absolute atomic E-state index is 10.6. The van der Waals surface area contributed by atoms with E-state index in [-0.39, 0.29) is 5.95 Å². The molecule has 0 radical (unpaired) electrons. The molecular weight excluding hydrogens is 597 g/mol. The van der Waals surface area contributed by atoms with Gasteiger partial charge < -0.3 is 20.1 Å². The number of anilines is 1. The molecule has 2 aromatic carbocycles. The van der Waals surface area contributed by atoms with E-state index in [0.717, 1.165) is 34.1 Å². The topological polar surface area (TPSA) is 103 Å². The third-order valence-electron chi connectivity index (χ3n) is 6.08. The summed E-state index contributed by atoms with van der Waals surface area (Å²) in [4.78, 5) is 17.7. The average Bonchev–Trinajstić information content (AvgIpc) is 3.35. The normalized spacial score (nSPS) is 11.3. The number of nitrogens with zero attached hydrogens (tertiary/aromatic N) is 3. The summed E-state index contributed by atoms with van der Waals surface area (Å²) < 4.78 is 40.1. The van der Waals surface area contributed by atoms with Crippen LogP contribution in [0.3, 0.4) is 0 Å². The van der Waals surface area contributed by atoms with Crippen LogP contribution in [-0.2, 0) is 16.3 Å². The number of nitrogen functional groups attached to an aromatic ring is 1. The summed E-state index contributed by atoms with van der Waals surface area (Å²) >= 11 is 6.37. The molecule has 0 amide bonds. The minimum atomic E-state index is -5.08. The SMILES string of the molecule is Cc1ccc(Cl)cc1-c1ccc(-c2nc(N)ncc2C#Cc2ccccc2)n1COCC[Si](C)(C)C.O=C(O)C(F)(F)F. The number of hydrogen-bond donors (Lipinski definition) is 2. The molecule has 4 rings (SSSR count). The summed E-state index contributed by atoms with van der Waals surface area (Å²) in [6, 6.07) is 21.0. The lowest BCUT2D eigenvalue weighted by Gasteiger charge is -2.19. The monoisotopic (exact) mass is 628 g/mol. The molecule has 0 saturated carbocycles. The predicted octanol–water partition coefficient (Wildman–Crippen LogP) is 7.50. The summed E-state index contributed by atoms with van der Waals surface area (Å²) in [5.41, 5.74) is 12.3. The van der Waals surface area contributed by atoms with Gasteiger partial charge in [-0.3, -0.25) is 0 Å². The number of carboxylic acids is 1. The van der Waals surface area contributed by atoms with Crippen LogP contribution in [0.1, 0.15) is 16.7 Å². The van der Waals surface area contributed by atoms with Crippen molar-refractivity contribution in [2.24, 2.45) is 0 Å². The van der Waals surface area contributed by atoms with Gasteiger partial charge in [0.15, 0.2) is 0 Å². The first-order valence-electron chi connectivity index (χ1n) is 13.2. The molecule has 0 fully saturated rings. The van der Waals surface area contributed by atoms with Crippen LogP contribution in [0.5, 0.6) is 0 Å². The first kappa shape index (κ1) is 33.4. The fraction of sp³-hybridized carbons (Fsp3) is 0.258. The highest BCUT2D eigenvalue weighted by molar-refractivity contribution is 6.76. The van der Waals surface area contributed by atoms with Crippen LogP contribution < -0.4 is 5.73 Å². The van der Waals surface area contributed by atoms with Crippen LogP contribution in [0, 0.1) is 18.8 Å². The van der Waals surface area contributed by atoms with Crippen molar-refractivity contribution in [3.63, 3.8) is 0 Å². The number of halogens is 4. The van der Waals surface area contributed by atoms with Crippen molar-refractivity contribution < 1.29 is 27.8 Å². The Kier molecular flexibility index (Phi) is 11.2. The number of hydrogen-bond acceptors (Lipinski definition) is 5. The molecule has 0 bridgehead atoms. The van der Waals surface area contributed by atoms with Gasteiger partial charge in [-0.25, -0.2) is 14.8 Å². The molecule has 12 heteroatoms. The molecule has 0 unspecified atom stereocenters. The lowest BCUT2D eigenvalue weighted by molar-refractivity contribution is -0.192. The Balaban J connectivity index is 0.000000646. The van der Waals surface area contributed by atoms with Gasteiger partial charge in [0.05, 0.1) is 17.0 Å². The average molecular weight is 629 g/mol. The number of aryl methyl sites for hydroxylation is 1. The Morgan fingerprint density at radius 3 is 2.35 bits per heavy atom. The second-order valence-corrected chi connectivity index (χ2v) is 16.8. The van der Waals surface area contributed by atoms with Gasteiger partial charge in [-0.2, -0.15) is 13.2 Å². The Bertz CT molecular complexity index is 1630. The summed E-state index contributed by atoms with van der Waals surface area (Å²) in [6.07, 6.45) is -3.40. The van der Waals surface area contributed by atoms with Crippen LogP contribution >= 0.6 is 11.6 Å². The number of carbonyl (C=O) groups is 1. The summed E-state index contributed by atoms with van der Waals surface area (Å²) in [5, 5.41) is 7.81. The number of rotatable bonds is 7. The molecule has 226 valence electrons. The molecule has 0 spiro atoms. The molecule has 43 heavy (non-hydrogen) atoms. The molecule has 7 nitrogen and oxygen atoms in total. The second-order valence-electron chi connectivity index (χ2n) is 10.7. The predicted molar refractivity (Wildman–Crippen MR) is 165 cm³/mol. The highest BCUT2D eigenvalue weighted by atomic mass is 35.5. The van der Waals surface area contributed by atoms with E-state index in [2.05, 4.69) is 59.0 Å². The largest absolute Gasteiger partial charge is 0.490 e. The quantitative estimate of drug-likeness (QED) is 0.125. The van der Waals surface area contributed by atoms with Crippen molar-refractivity contribution in [1.82, 2.24) is 14.5 Å². The zero-order valence-corrected chi connectivity index (χ0v) is 25.9. The maximum atomic E-state index is 10.6. The number of alkyl halides is 3. The zero-order valence-electron chi connectivity index (χ0n) is 24.2. The number of aliphatic carboxylic acids is 1.